The molecular weight excluding hydrogens is 356 g/mol. The van der Waals surface area contributed by atoms with Crippen LogP contribution < -0.4 is 10.1 Å². The molecule has 1 atom stereocenters. The highest BCUT2D eigenvalue weighted by molar-refractivity contribution is 9.10. The zero-order valence-corrected chi connectivity index (χ0v) is 14.6. The summed E-state index contributed by atoms with van der Waals surface area (Å²) in [7, 11) is 1.57. The summed E-state index contributed by atoms with van der Waals surface area (Å²) in [5.74, 6) is 0.708. The Morgan fingerprint density at radius 2 is 2.24 bits per heavy atom. The molecule has 0 aromatic heterocycles. The maximum absolute atomic E-state index is 10.1. The van der Waals surface area contributed by atoms with Gasteiger partial charge in [0.05, 0.1) is 11.6 Å². The highest BCUT2D eigenvalue weighted by Crippen LogP contribution is 2.40. The Kier molecular flexibility index (Phi) is 5.41. The van der Waals surface area contributed by atoms with Gasteiger partial charge in [-0.2, -0.15) is 0 Å². The van der Waals surface area contributed by atoms with E-state index in [0.717, 1.165) is 42.8 Å². The SMILES string of the molecule is COc1ccc(CN2CCC3(CCNC3)C2)c(Br)c1O.Cl. The second kappa shape index (κ2) is 6.73. The molecule has 0 radical (unpaired) electrons. The second-order valence-corrected chi connectivity index (χ2v) is 6.77. The van der Waals surface area contributed by atoms with Crippen molar-refractivity contribution in [2.45, 2.75) is 19.4 Å². The zero-order valence-electron chi connectivity index (χ0n) is 12.2. The summed E-state index contributed by atoms with van der Waals surface area (Å²) in [5, 5.41) is 13.5. The minimum atomic E-state index is 0. The molecular formula is C15H22BrClN2O2. The van der Waals surface area contributed by atoms with Gasteiger partial charge in [-0.25, -0.2) is 0 Å². The molecule has 118 valence electrons. The molecule has 2 heterocycles. The highest BCUT2D eigenvalue weighted by atomic mass is 79.9. The Hall–Kier alpha value is -0.490. The van der Waals surface area contributed by atoms with E-state index in [2.05, 4.69) is 26.1 Å². The lowest BCUT2D eigenvalue weighted by molar-refractivity contribution is 0.268. The third kappa shape index (κ3) is 3.31. The van der Waals surface area contributed by atoms with E-state index in [4.69, 9.17) is 4.74 Å². The third-order valence-corrected chi connectivity index (χ3v) is 5.51. The van der Waals surface area contributed by atoms with Gasteiger partial charge in [0.2, 0.25) is 0 Å². The first kappa shape index (κ1) is 16.9. The lowest BCUT2D eigenvalue weighted by atomic mass is 9.86. The van der Waals surface area contributed by atoms with Crippen LogP contribution in [0.5, 0.6) is 11.5 Å². The van der Waals surface area contributed by atoms with Crippen LogP contribution in [0.25, 0.3) is 0 Å². The van der Waals surface area contributed by atoms with Crippen LogP contribution >= 0.6 is 28.3 Å². The molecule has 0 bridgehead atoms. The van der Waals surface area contributed by atoms with Crippen molar-refractivity contribution in [3.8, 4) is 11.5 Å². The zero-order chi connectivity index (χ0) is 14.2. The van der Waals surface area contributed by atoms with Crippen molar-refractivity contribution < 1.29 is 9.84 Å². The topological polar surface area (TPSA) is 44.7 Å². The van der Waals surface area contributed by atoms with Gasteiger partial charge in [-0.3, -0.25) is 4.90 Å². The number of phenols is 1. The molecule has 3 rings (SSSR count). The number of likely N-dealkylation sites (tertiary alicyclic amines) is 1. The van der Waals surface area contributed by atoms with Crippen LogP contribution in [0.3, 0.4) is 0 Å². The fourth-order valence-electron chi connectivity index (χ4n) is 3.42. The summed E-state index contributed by atoms with van der Waals surface area (Å²) in [4.78, 5) is 2.49. The van der Waals surface area contributed by atoms with E-state index in [1.54, 1.807) is 7.11 Å². The number of hydrogen-bond acceptors (Lipinski definition) is 4. The fourth-order valence-corrected chi connectivity index (χ4v) is 3.88. The lowest BCUT2D eigenvalue weighted by Crippen LogP contribution is -2.29. The van der Waals surface area contributed by atoms with E-state index in [0.29, 0.717) is 11.2 Å². The lowest BCUT2D eigenvalue weighted by Gasteiger charge is -2.23. The van der Waals surface area contributed by atoms with Crippen molar-refractivity contribution in [2.75, 3.05) is 33.3 Å². The van der Waals surface area contributed by atoms with E-state index in [-0.39, 0.29) is 18.2 Å². The quantitative estimate of drug-likeness (QED) is 0.850. The smallest absolute Gasteiger partial charge is 0.172 e. The predicted octanol–water partition coefficient (Wildman–Crippen LogP) is 2.77. The van der Waals surface area contributed by atoms with Crippen LogP contribution in [0.4, 0.5) is 0 Å². The molecule has 0 aliphatic carbocycles. The van der Waals surface area contributed by atoms with Crippen LogP contribution in [0.2, 0.25) is 0 Å². The van der Waals surface area contributed by atoms with Gasteiger partial charge >= 0.3 is 0 Å². The first-order chi connectivity index (χ1) is 9.63. The summed E-state index contributed by atoms with van der Waals surface area (Å²) < 4.78 is 5.88. The standard InChI is InChI=1S/C15H21BrN2O2.ClH/c1-20-12-3-2-11(13(16)14(12)19)8-18-7-5-15(10-18)4-6-17-9-15;/h2-3,17,19H,4-10H2,1H3;1H. The van der Waals surface area contributed by atoms with Gasteiger partial charge in [0.1, 0.15) is 0 Å². The van der Waals surface area contributed by atoms with E-state index in [1.807, 2.05) is 12.1 Å². The summed E-state index contributed by atoms with van der Waals surface area (Å²) >= 11 is 3.49. The molecule has 0 saturated carbocycles. The van der Waals surface area contributed by atoms with Crippen molar-refractivity contribution >= 4 is 28.3 Å². The Bertz CT molecular complexity index is 507. The van der Waals surface area contributed by atoms with E-state index in [9.17, 15) is 5.11 Å². The average molecular weight is 378 g/mol. The molecule has 1 aromatic carbocycles. The summed E-state index contributed by atoms with van der Waals surface area (Å²) in [6.07, 6.45) is 2.57. The van der Waals surface area contributed by atoms with E-state index >= 15 is 0 Å². The summed E-state index contributed by atoms with van der Waals surface area (Å²) in [6.45, 7) is 5.47. The normalized spacial score (nSPS) is 25.2. The molecule has 1 aromatic rings. The van der Waals surface area contributed by atoms with E-state index < -0.39 is 0 Å². The monoisotopic (exact) mass is 376 g/mol. The van der Waals surface area contributed by atoms with Crippen LogP contribution in [0.1, 0.15) is 18.4 Å². The maximum Gasteiger partial charge on any atom is 0.172 e. The minimum Gasteiger partial charge on any atom is -0.503 e. The van der Waals surface area contributed by atoms with Crippen molar-refractivity contribution in [1.82, 2.24) is 10.2 Å². The molecule has 21 heavy (non-hydrogen) atoms. The molecule has 2 saturated heterocycles. The van der Waals surface area contributed by atoms with Crippen molar-refractivity contribution in [3.05, 3.63) is 22.2 Å². The third-order valence-electron chi connectivity index (χ3n) is 4.62. The first-order valence-electron chi connectivity index (χ1n) is 7.11. The fraction of sp³-hybridized carbons (Fsp3) is 0.600. The number of hydrogen-bond donors (Lipinski definition) is 2. The predicted molar refractivity (Wildman–Crippen MR) is 89.4 cm³/mol. The van der Waals surface area contributed by atoms with Gasteiger partial charge in [0.15, 0.2) is 11.5 Å². The van der Waals surface area contributed by atoms with Gasteiger partial charge < -0.3 is 15.2 Å². The van der Waals surface area contributed by atoms with Gasteiger partial charge in [-0.05, 0) is 58.9 Å². The number of nitrogens with zero attached hydrogens (tertiary/aromatic N) is 1. The molecule has 6 heteroatoms. The summed E-state index contributed by atoms with van der Waals surface area (Å²) in [5.41, 5.74) is 1.60. The van der Waals surface area contributed by atoms with Crippen LogP contribution in [-0.4, -0.2) is 43.3 Å². The number of benzene rings is 1. The maximum atomic E-state index is 10.1. The molecule has 2 aliphatic rings. The summed E-state index contributed by atoms with van der Waals surface area (Å²) in [6, 6.07) is 3.86. The van der Waals surface area contributed by atoms with Gasteiger partial charge in [0.25, 0.3) is 0 Å². The number of halogens is 2. The number of methoxy groups -OCH3 is 1. The number of ether oxygens (including phenoxy) is 1. The van der Waals surface area contributed by atoms with Crippen molar-refractivity contribution in [1.29, 1.82) is 0 Å². The Balaban J connectivity index is 0.00000161. The first-order valence-corrected chi connectivity index (χ1v) is 7.90. The molecule has 2 aliphatic heterocycles. The number of rotatable bonds is 3. The van der Waals surface area contributed by atoms with Gasteiger partial charge in [0, 0.05) is 19.6 Å². The molecule has 4 nitrogen and oxygen atoms in total. The Labute approximate surface area is 140 Å². The molecule has 2 N–H and O–H groups in total. The van der Waals surface area contributed by atoms with Crippen molar-refractivity contribution in [2.24, 2.45) is 5.41 Å². The van der Waals surface area contributed by atoms with Gasteiger partial charge in [-0.15, -0.1) is 12.4 Å². The highest BCUT2D eigenvalue weighted by Gasteiger charge is 2.40. The molecule has 1 unspecified atom stereocenters. The number of aromatic hydroxyl groups is 1. The van der Waals surface area contributed by atoms with Crippen LogP contribution in [0.15, 0.2) is 16.6 Å². The largest absolute Gasteiger partial charge is 0.503 e. The molecule has 2 fully saturated rings. The Morgan fingerprint density at radius 1 is 1.43 bits per heavy atom. The van der Waals surface area contributed by atoms with Crippen LogP contribution in [-0.2, 0) is 6.54 Å². The van der Waals surface area contributed by atoms with Crippen LogP contribution in [0, 0.1) is 5.41 Å². The molecule has 0 amide bonds. The minimum absolute atomic E-state index is 0. The number of phenolic OH excluding ortho intramolecular Hbond substituents is 1. The second-order valence-electron chi connectivity index (χ2n) is 5.98. The van der Waals surface area contributed by atoms with E-state index in [1.165, 1.54) is 12.8 Å². The van der Waals surface area contributed by atoms with Crippen molar-refractivity contribution in [3.63, 3.8) is 0 Å². The average Bonchev–Trinajstić information content (AvgIpc) is 3.06. The molecule has 1 spiro atoms. The number of nitrogens with one attached hydrogen (secondary N) is 1. The van der Waals surface area contributed by atoms with Gasteiger partial charge in [-0.1, -0.05) is 6.07 Å². The Morgan fingerprint density at radius 3 is 2.90 bits per heavy atom.